The minimum atomic E-state index is 0.301. The normalized spacial score (nSPS) is 9.71. The first-order chi connectivity index (χ1) is 6.84. The molecule has 7 heteroatoms. The fourth-order valence-electron chi connectivity index (χ4n) is 0.796. The average molecular weight is 210 g/mol. The van der Waals surface area contributed by atoms with Gasteiger partial charge in [0.05, 0.1) is 12.4 Å². The van der Waals surface area contributed by atoms with E-state index in [4.69, 9.17) is 21.1 Å². The maximum atomic E-state index is 4.93. The van der Waals surface area contributed by atoms with E-state index in [1.54, 1.807) is 0 Å². The third kappa shape index (κ3) is 2.07. The van der Waals surface area contributed by atoms with Crippen LogP contribution >= 0.6 is 12.2 Å². The van der Waals surface area contributed by atoms with Gasteiger partial charge in [0.1, 0.15) is 12.5 Å². The average Bonchev–Trinajstić information content (AvgIpc) is 2.76. The monoisotopic (exact) mass is 210 g/mol. The van der Waals surface area contributed by atoms with Gasteiger partial charge in [-0.25, -0.2) is 9.97 Å². The number of rotatable bonds is 2. The summed E-state index contributed by atoms with van der Waals surface area (Å²) < 4.78 is 9.85. The molecule has 0 aliphatic rings. The molecule has 0 bridgehead atoms. The Morgan fingerprint density at radius 1 is 1.07 bits per heavy atom. The van der Waals surface area contributed by atoms with Crippen molar-refractivity contribution in [3.8, 4) is 0 Å². The van der Waals surface area contributed by atoms with Gasteiger partial charge in [0.15, 0.2) is 5.11 Å². The van der Waals surface area contributed by atoms with Gasteiger partial charge in [-0.2, -0.15) is 0 Å². The second-order valence-corrected chi connectivity index (χ2v) is 2.66. The van der Waals surface area contributed by atoms with E-state index in [9.17, 15) is 0 Å². The number of nitrogens with zero attached hydrogens (tertiary/aromatic N) is 2. The topological polar surface area (TPSA) is 76.1 Å². The van der Waals surface area contributed by atoms with E-state index < -0.39 is 0 Å². The Balaban J connectivity index is 1.91. The molecule has 0 amide bonds. The van der Waals surface area contributed by atoms with Crippen LogP contribution < -0.4 is 10.6 Å². The Morgan fingerprint density at radius 3 is 1.93 bits per heavy atom. The van der Waals surface area contributed by atoms with Crippen LogP contribution in [-0.2, 0) is 0 Å². The van der Waals surface area contributed by atoms with Gasteiger partial charge < -0.3 is 8.83 Å². The highest BCUT2D eigenvalue weighted by atomic mass is 32.1. The lowest BCUT2D eigenvalue weighted by atomic mass is 10.9. The van der Waals surface area contributed by atoms with Crippen LogP contribution in [0.25, 0.3) is 0 Å². The van der Waals surface area contributed by atoms with Gasteiger partial charge in [-0.15, -0.1) is 0 Å². The Kier molecular flexibility index (Phi) is 2.41. The van der Waals surface area contributed by atoms with E-state index in [1.165, 1.54) is 24.9 Å². The molecule has 0 atom stereocenters. The summed E-state index contributed by atoms with van der Waals surface area (Å²) in [4.78, 5) is 7.66. The van der Waals surface area contributed by atoms with E-state index in [0.717, 1.165) is 0 Å². The van der Waals surface area contributed by atoms with Gasteiger partial charge in [0.25, 0.3) is 0 Å². The zero-order valence-electron chi connectivity index (χ0n) is 6.93. The highest BCUT2D eigenvalue weighted by Crippen LogP contribution is 2.04. The Labute approximate surface area is 84.3 Å². The van der Waals surface area contributed by atoms with Crippen molar-refractivity contribution in [2.75, 3.05) is 10.6 Å². The van der Waals surface area contributed by atoms with Gasteiger partial charge >= 0.3 is 12.0 Å². The Hall–Kier alpha value is -1.89. The standard InChI is InChI=1S/C7H6N4O2S/c14-7(10-5-8-1-3-12-5)11-6-9-2-4-13-6/h1-4H,(H2,8,9,10,11,14). The molecule has 0 aliphatic carbocycles. The molecule has 0 spiro atoms. The SMILES string of the molecule is S=C(Nc1ncco1)Nc1ncco1. The van der Waals surface area contributed by atoms with Crippen molar-refractivity contribution >= 4 is 29.4 Å². The highest BCUT2D eigenvalue weighted by molar-refractivity contribution is 7.80. The minimum absolute atomic E-state index is 0.301. The number of thiocarbonyl (C=S) groups is 1. The van der Waals surface area contributed by atoms with Crippen LogP contribution in [0.1, 0.15) is 0 Å². The van der Waals surface area contributed by atoms with Crippen LogP contribution in [0, 0.1) is 0 Å². The lowest BCUT2D eigenvalue weighted by Gasteiger charge is -2.02. The molecule has 6 nitrogen and oxygen atoms in total. The Bertz CT molecular complexity index is 359. The molecule has 72 valence electrons. The summed E-state index contributed by atoms with van der Waals surface area (Å²) in [5.41, 5.74) is 0. The van der Waals surface area contributed by atoms with Gasteiger partial charge in [0, 0.05) is 0 Å². The molecule has 0 saturated carbocycles. The molecular weight excluding hydrogens is 204 g/mol. The molecule has 14 heavy (non-hydrogen) atoms. The van der Waals surface area contributed by atoms with E-state index >= 15 is 0 Å². The molecule has 2 rings (SSSR count). The fourth-order valence-corrected chi connectivity index (χ4v) is 0.970. The summed E-state index contributed by atoms with van der Waals surface area (Å²) in [5, 5.41) is 5.71. The van der Waals surface area contributed by atoms with Gasteiger partial charge in [-0.3, -0.25) is 10.6 Å². The van der Waals surface area contributed by atoms with Crippen molar-refractivity contribution in [2.45, 2.75) is 0 Å². The van der Waals surface area contributed by atoms with Gasteiger partial charge in [-0.1, -0.05) is 0 Å². The third-order valence-electron chi connectivity index (χ3n) is 1.31. The van der Waals surface area contributed by atoms with Crippen molar-refractivity contribution in [3.05, 3.63) is 24.9 Å². The summed E-state index contributed by atoms with van der Waals surface area (Å²) in [5.74, 6) is 0. The smallest absolute Gasteiger partial charge is 0.300 e. The summed E-state index contributed by atoms with van der Waals surface area (Å²) >= 11 is 4.93. The molecule has 0 aliphatic heterocycles. The molecule has 0 aromatic carbocycles. The lowest BCUT2D eigenvalue weighted by molar-refractivity contribution is 0.576. The van der Waals surface area contributed by atoms with Gasteiger partial charge in [0.2, 0.25) is 0 Å². The van der Waals surface area contributed by atoms with Crippen LogP contribution in [0.4, 0.5) is 12.0 Å². The number of nitrogens with one attached hydrogen (secondary N) is 2. The molecule has 0 unspecified atom stereocenters. The lowest BCUT2D eigenvalue weighted by Crippen LogP contribution is -2.19. The third-order valence-corrected chi connectivity index (χ3v) is 1.51. The quantitative estimate of drug-likeness (QED) is 0.727. The largest absolute Gasteiger partial charge is 0.432 e. The molecule has 2 heterocycles. The number of anilines is 2. The van der Waals surface area contributed by atoms with Crippen LogP contribution in [0.2, 0.25) is 0 Å². The number of aromatic nitrogens is 2. The highest BCUT2D eigenvalue weighted by Gasteiger charge is 2.03. The Morgan fingerprint density at radius 2 is 1.57 bits per heavy atom. The van der Waals surface area contributed by atoms with E-state index in [-0.39, 0.29) is 0 Å². The first-order valence-electron chi connectivity index (χ1n) is 3.71. The summed E-state index contributed by atoms with van der Waals surface area (Å²) in [6.07, 6.45) is 5.90. The zero-order valence-corrected chi connectivity index (χ0v) is 7.75. The summed E-state index contributed by atoms with van der Waals surface area (Å²) in [6, 6.07) is 0.628. The van der Waals surface area contributed by atoms with Gasteiger partial charge in [-0.05, 0) is 12.2 Å². The van der Waals surface area contributed by atoms with Crippen LogP contribution in [-0.4, -0.2) is 15.1 Å². The second-order valence-electron chi connectivity index (χ2n) is 2.25. The van der Waals surface area contributed by atoms with Crippen molar-refractivity contribution in [3.63, 3.8) is 0 Å². The van der Waals surface area contributed by atoms with Crippen molar-refractivity contribution in [1.82, 2.24) is 9.97 Å². The van der Waals surface area contributed by atoms with Crippen molar-refractivity contribution in [2.24, 2.45) is 0 Å². The summed E-state index contributed by atoms with van der Waals surface area (Å²) in [6.45, 7) is 0. The van der Waals surface area contributed by atoms with E-state index in [2.05, 4.69) is 20.6 Å². The van der Waals surface area contributed by atoms with E-state index in [1.807, 2.05) is 0 Å². The first-order valence-corrected chi connectivity index (χ1v) is 4.12. The fraction of sp³-hybridized carbons (Fsp3) is 0. The number of hydrogen-bond donors (Lipinski definition) is 2. The molecule has 2 N–H and O–H groups in total. The van der Waals surface area contributed by atoms with E-state index in [0.29, 0.717) is 17.1 Å². The minimum Gasteiger partial charge on any atom is -0.432 e. The molecule has 0 radical (unpaired) electrons. The van der Waals surface area contributed by atoms with Crippen LogP contribution in [0.5, 0.6) is 0 Å². The van der Waals surface area contributed by atoms with Crippen LogP contribution in [0.3, 0.4) is 0 Å². The van der Waals surface area contributed by atoms with Crippen molar-refractivity contribution in [1.29, 1.82) is 0 Å². The predicted molar refractivity (Wildman–Crippen MR) is 52.8 cm³/mol. The predicted octanol–water partition coefficient (Wildman–Crippen LogP) is 1.47. The number of oxazole rings is 2. The molecule has 0 fully saturated rings. The molecule has 2 aromatic heterocycles. The summed E-state index contributed by atoms with van der Waals surface area (Å²) in [7, 11) is 0. The second kappa shape index (κ2) is 3.88. The molecule has 2 aromatic rings. The zero-order chi connectivity index (χ0) is 9.80. The molecular formula is C7H6N4O2S. The molecule has 0 saturated heterocycles. The first kappa shape index (κ1) is 8.70. The maximum absolute atomic E-state index is 4.93. The number of hydrogen-bond acceptors (Lipinski definition) is 5. The maximum Gasteiger partial charge on any atom is 0.300 e. The van der Waals surface area contributed by atoms with Crippen LogP contribution in [0.15, 0.2) is 33.8 Å². The van der Waals surface area contributed by atoms with Crippen molar-refractivity contribution < 1.29 is 8.83 Å².